The van der Waals surface area contributed by atoms with Crippen molar-refractivity contribution < 1.29 is 9.59 Å². The van der Waals surface area contributed by atoms with E-state index in [0.29, 0.717) is 5.57 Å². The molecule has 1 N–H and O–H groups in total. The molecular formula is C13H13NO2. The van der Waals surface area contributed by atoms with Crippen molar-refractivity contribution in [2.45, 2.75) is 20.3 Å². The highest BCUT2D eigenvalue weighted by molar-refractivity contribution is 6.17. The van der Waals surface area contributed by atoms with E-state index in [-0.39, 0.29) is 18.2 Å². The van der Waals surface area contributed by atoms with Crippen LogP contribution in [0.2, 0.25) is 0 Å². The van der Waals surface area contributed by atoms with Crippen molar-refractivity contribution in [3.63, 3.8) is 0 Å². The van der Waals surface area contributed by atoms with Gasteiger partial charge in [0, 0.05) is 5.57 Å². The topological polar surface area (TPSA) is 46.2 Å². The van der Waals surface area contributed by atoms with Gasteiger partial charge < -0.3 is 0 Å². The summed E-state index contributed by atoms with van der Waals surface area (Å²) in [5.41, 5.74) is 3.62. The van der Waals surface area contributed by atoms with Gasteiger partial charge in [-0.1, -0.05) is 29.8 Å². The van der Waals surface area contributed by atoms with Crippen LogP contribution in [0, 0.1) is 6.92 Å². The highest BCUT2D eigenvalue weighted by atomic mass is 16.2. The lowest BCUT2D eigenvalue weighted by Crippen LogP contribution is -2.19. The smallest absolute Gasteiger partial charge is 0.254 e. The van der Waals surface area contributed by atoms with Crippen LogP contribution in [-0.4, -0.2) is 11.8 Å². The second-order valence-electron chi connectivity index (χ2n) is 4.02. The molecule has 2 rings (SSSR count). The Labute approximate surface area is 94.2 Å². The Morgan fingerprint density at radius 2 is 1.81 bits per heavy atom. The molecule has 0 saturated carbocycles. The molecule has 0 bridgehead atoms. The fourth-order valence-electron chi connectivity index (χ4n) is 1.77. The number of rotatable bonds is 1. The van der Waals surface area contributed by atoms with Crippen LogP contribution in [0.5, 0.6) is 0 Å². The van der Waals surface area contributed by atoms with Gasteiger partial charge in [-0.25, -0.2) is 0 Å². The van der Waals surface area contributed by atoms with Crippen LogP contribution in [0.4, 0.5) is 0 Å². The first-order valence-electron chi connectivity index (χ1n) is 5.19. The van der Waals surface area contributed by atoms with Crippen molar-refractivity contribution in [2.75, 3.05) is 0 Å². The summed E-state index contributed by atoms with van der Waals surface area (Å²) < 4.78 is 0. The zero-order valence-electron chi connectivity index (χ0n) is 9.33. The molecule has 2 amide bonds. The fourth-order valence-corrected chi connectivity index (χ4v) is 1.77. The highest BCUT2D eigenvalue weighted by Gasteiger charge is 2.25. The van der Waals surface area contributed by atoms with Crippen LogP contribution < -0.4 is 5.32 Å². The number of hydrogen-bond acceptors (Lipinski definition) is 2. The van der Waals surface area contributed by atoms with Gasteiger partial charge in [-0.3, -0.25) is 14.9 Å². The molecule has 0 radical (unpaired) electrons. The third-order valence-electron chi connectivity index (χ3n) is 2.80. The van der Waals surface area contributed by atoms with Crippen molar-refractivity contribution in [3.8, 4) is 0 Å². The number of nitrogens with one attached hydrogen (secondary N) is 1. The summed E-state index contributed by atoms with van der Waals surface area (Å²) in [6, 6.07) is 7.92. The summed E-state index contributed by atoms with van der Waals surface area (Å²) in [5, 5.41) is 2.29. The Bertz CT molecular complexity index is 483. The third-order valence-corrected chi connectivity index (χ3v) is 2.80. The molecule has 1 heterocycles. The number of aryl methyl sites for hydroxylation is 1. The first-order chi connectivity index (χ1) is 7.58. The van der Waals surface area contributed by atoms with Crippen LogP contribution in [0.1, 0.15) is 24.5 Å². The third kappa shape index (κ3) is 1.89. The molecule has 0 unspecified atom stereocenters. The number of benzene rings is 1. The molecule has 1 aromatic rings. The van der Waals surface area contributed by atoms with Crippen molar-refractivity contribution in [1.82, 2.24) is 5.32 Å². The molecule has 1 fully saturated rings. The molecular weight excluding hydrogens is 202 g/mol. The summed E-state index contributed by atoms with van der Waals surface area (Å²) >= 11 is 0. The van der Waals surface area contributed by atoms with Gasteiger partial charge in [-0.05, 0) is 25.0 Å². The maximum absolute atomic E-state index is 11.5. The second-order valence-corrected chi connectivity index (χ2v) is 4.02. The summed E-state index contributed by atoms with van der Waals surface area (Å²) in [6.07, 6.45) is 0.193. The van der Waals surface area contributed by atoms with Gasteiger partial charge in [0.2, 0.25) is 5.91 Å². The van der Waals surface area contributed by atoms with Crippen LogP contribution in [0.15, 0.2) is 29.8 Å². The molecule has 3 nitrogen and oxygen atoms in total. The molecule has 1 aliphatic rings. The lowest BCUT2D eigenvalue weighted by molar-refractivity contribution is -0.124. The Kier molecular flexibility index (Phi) is 2.60. The molecule has 1 saturated heterocycles. The van der Waals surface area contributed by atoms with Crippen molar-refractivity contribution in [2.24, 2.45) is 0 Å². The normalized spacial score (nSPS) is 18.6. The molecule has 1 aliphatic heterocycles. The lowest BCUT2D eigenvalue weighted by Gasteiger charge is -2.04. The van der Waals surface area contributed by atoms with E-state index in [4.69, 9.17) is 0 Å². The molecule has 0 spiro atoms. The quantitative estimate of drug-likeness (QED) is 0.573. The molecule has 0 aromatic heterocycles. The standard InChI is InChI=1S/C13H13NO2/c1-8-3-5-10(6-4-8)9(2)11-7-12(15)14-13(11)16/h3-6H,7H2,1-2H3,(H,14,15,16). The fraction of sp³-hybridized carbons (Fsp3) is 0.231. The Hall–Kier alpha value is -1.90. The number of carbonyl (C=O) groups is 2. The van der Waals surface area contributed by atoms with Gasteiger partial charge in [0.15, 0.2) is 0 Å². The number of imide groups is 1. The van der Waals surface area contributed by atoms with E-state index >= 15 is 0 Å². The van der Waals surface area contributed by atoms with Crippen LogP contribution in [0.25, 0.3) is 5.57 Å². The van der Waals surface area contributed by atoms with E-state index < -0.39 is 0 Å². The van der Waals surface area contributed by atoms with Crippen LogP contribution in [-0.2, 0) is 9.59 Å². The maximum atomic E-state index is 11.5. The highest BCUT2D eigenvalue weighted by Crippen LogP contribution is 2.23. The molecule has 0 aliphatic carbocycles. The maximum Gasteiger partial charge on any atom is 0.254 e. The molecule has 16 heavy (non-hydrogen) atoms. The van der Waals surface area contributed by atoms with E-state index in [1.807, 2.05) is 38.1 Å². The van der Waals surface area contributed by atoms with Gasteiger partial charge in [0.05, 0.1) is 6.42 Å². The Balaban J connectivity index is 2.41. The van der Waals surface area contributed by atoms with E-state index in [2.05, 4.69) is 5.32 Å². The van der Waals surface area contributed by atoms with E-state index in [1.54, 1.807) is 0 Å². The minimum absolute atomic E-state index is 0.193. The first kappa shape index (κ1) is 10.6. The van der Waals surface area contributed by atoms with Gasteiger partial charge in [-0.15, -0.1) is 0 Å². The average Bonchev–Trinajstić information content (AvgIpc) is 2.58. The lowest BCUT2D eigenvalue weighted by atomic mass is 9.99. The van der Waals surface area contributed by atoms with Crippen molar-refractivity contribution >= 4 is 17.4 Å². The monoisotopic (exact) mass is 215 g/mol. The minimum atomic E-state index is -0.261. The van der Waals surface area contributed by atoms with Crippen LogP contribution >= 0.6 is 0 Å². The molecule has 3 heteroatoms. The van der Waals surface area contributed by atoms with E-state index in [1.165, 1.54) is 5.56 Å². The zero-order valence-corrected chi connectivity index (χ0v) is 9.33. The second kappa shape index (κ2) is 3.93. The SMILES string of the molecule is CC(=C1CC(=O)NC1=O)c1ccc(C)cc1. The minimum Gasteiger partial charge on any atom is -0.292 e. The summed E-state index contributed by atoms with van der Waals surface area (Å²) in [4.78, 5) is 22.6. The van der Waals surface area contributed by atoms with Gasteiger partial charge in [0.25, 0.3) is 5.91 Å². The van der Waals surface area contributed by atoms with E-state index in [0.717, 1.165) is 11.1 Å². The van der Waals surface area contributed by atoms with Crippen LogP contribution in [0.3, 0.4) is 0 Å². The van der Waals surface area contributed by atoms with Gasteiger partial charge in [-0.2, -0.15) is 0 Å². The summed E-state index contributed by atoms with van der Waals surface area (Å²) in [5.74, 6) is -0.477. The Morgan fingerprint density at radius 3 is 2.31 bits per heavy atom. The number of amides is 2. The predicted octanol–water partition coefficient (Wildman–Crippen LogP) is 1.82. The first-order valence-corrected chi connectivity index (χ1v) is 5.19. The number of hydrogen-bond donors (Lipinski definition) is 1. The van der Waals surface area contributed by atoms with Gasteiger partial charge >= 0.3 is 0 Å². The number of allylic oxidation sites excluding steroid dienone is 1. The van der Waals surface area contributed by atoms with Gasteiger partial charge in [0.1, 0.15) is 0 Å². The summed E-state index contributed by atoms with van der Waals surface area (Å²) in [6.45, 7) is 3.89. The molecule has 0 atom stereocenters. The Morgan fingerprint density at radius 1 is 1.19 bits per heavy atom. The predicted molar refractivity (Wildman–Crippen MR) is 61.5 cm³/mol. The molecule has 1 aromatic carbocycles. The number of carbonyl (C=O) groups excluding carboxylic acids is 2. The van der Waals surface area contributed by atoms with Crippen molar-refractivity contribution in [3.05, 3.63) is 41.0 Å². The van der Waals surface area contributed by atoms with E-state index in [9.17, 15) is 9.59 Å². The zero-order chi connectivity index (χ0) is 11.7. The largest absolute Gasteiger partial charge is 0.292 e. The van der Waals surface area contributed by atoms with Crippen molar-refractivity contribution in [1.29, 1.82) is 0 Å². The average molecular weight is 215 g/mol. The summed E-state index contributed by atoms with van der Waals surface area (Å²) in [7, 11) is 0. The molecule has 82 valence electrons.